The first kappa shape index (κ1) is 88.5. The normalized spacial score (nSPS) is 14.3. The van der Waals surface area contributed by atoms with Crippen LogP contribution < -0.4 is 30.0 Å². The van der Waals surface area contributed by atoms with Gasteiger partial charge in [0.2, 0.25) is 0 Å². The molecule has 0 saturated carbocycles. The highest BCUT2D eigenvalue weighted by Gasteiger charge is 2.51. The molecule has 0 aliphatic carbocycles. The number of hydrogen-bond acceptors (Lipinski definition) is 7. The lowest BCUT2D eigenvalue weighted by Gasteiger charge is -2.48. The third-order valence-electron chi connectivity index (χ3n) is 32.2. The van der Waals surface area contributed by atoms with Crippen LogP contribution >= 0.6 is 22.7 Å². The number of aromatic nitrogens is 1. The molecular formula is C137H107N5OS2Si. The predicted octanol–water partition coefficient (Wildman–Crippen LogP) is 36.8. The van der Waals surface area contributed by atoms with Gasteiger partial charge in [-0.15, -0.1) is 22.7 Å². The van der Waals surface area contributed by atoms with Gasteiger partial charge in [0.05, 0.1) is 73.0 Å². The zero-order valence-electron chi connectivity index (χ0n) is 84.0. The molecule has 0 spiro atoms. The van der Waals surface area contributed by atoms with E-state index in [0.29, 0.717) is 0 Å². The van der Waals surface area contributed by atoms with Crippen LogP contribution in [0.5, 0.6) is 0 Å². The molecule has 24 aromatic rings. The number of thiophene rings is 2. The van der Waals surface area contributed by atoms with Gasteiger partial charge in [0.15, 0.2) is 0 Å². The molecule has 146 heavy (non-hydrogen) atoms. The highest BCUT2D eigenvalue weighted by molar-refractivity contribution is 7.16. The van der Waals surface area contributed by atoms with Crippen molar-refractivity contribution in [2.24, 2.45) is 0 Å². The smallest absolute Gasteiger partial charge is 0.137 e. The number of benzene rings is 20. The summed E-state index contributed by atoms with van der Waals surface area (Å²) < 4.78 is 9.15. The fourth-order valence-electron chi connectivity index (χ4n) is 25.6. The summed E-state index contributed by atoms with van der Waals surface area (Å²) in [5.74, 6) is 0. The zero-order valence-corrected chi connectivity index (χ0v) is 86.6. The van der Waals surface area contributed by atoms with Gasteiger partial charge in [0, 0.05) is 108 Å². The first-order valence-electron chi connectivity index (χ1n) is 51.1. The maximum absolute atomic E-state index is 6.63. The minimum Gasteiger partial charge on any atom is -0.456 e. The van der Waals surface area contributed by atoms with E-state index in [1.807, 2.05) is 22.7 Å². The van der Waals surface area contributed by atoms with Crippen molar-refractivity contribution in [1.82, 2.24) is 4.57 Å². The molecule has 4 aliphatic heterocycles. The second-order valence-electron chi connectivity index (χ2n) is 41.9. The number of fused-ring (bicyclic) bond motifs is 17. The van der Waals surface area contributed by atoms with Gasteiger partial charge in [-0.05, 0) is 271 Å². The van der Waals surface area contributed by atoms with E-state index >= 15 is 0 Å². The molecule has 0 bridgehead atoms. The summed E-state index contributed by atoms with van der Waals surface area (Å²) in [7, 11) is -1.96. The van der Waals surface area contributed by atoms with Crippen molar-refractivity contribution >= 4 is 185 Å². The minimum absolute atomic E-state index is 0.251. The molecule has 20 aromatic carbocycles. The molecule has 0 N–H and O–H groups in total. The largest absolute Gasteiger partial charge is 0.456 e. The summed E-state index contributed by atoms with van der Waals surface area (Å²) in [5.41, 5.74) is 40.2. The highest BCUT2D eigenvalue weighted by Crippen LogP contribution is 2.66. The van der Waals surface area contributed by atoms with E-state index in [1.54, 1.807) is 0 Å². The molecule has 6 nitrogen and oxygen atoms in total. The van der Waals surface area contributed by atoms with Gasteiger partial charge in [-0.3, -0.25) is 0 Å². The summed E-state index contributed by atoms with van der Waals surface area (Å²) in [6, 6.07) is 164. The van der Waals surface area contributed by atoms with Crippen molar-refractivity contribution in [2.45, 2.75) is 98.6 Å². The van der Waals surface area contributed by atoms with Gasteiger partial charge in [0.1, 0.15) is 19.2 Å². The Morgan fingerprint density at radius 2 is 0.644 bits per heavy atom. The molecule has 8 heterocycles. The summed E-state index contributed by atoms with van der Waals surface area (Å²) in [6.45, 7) is 27.4. The molecule has 28 rings (SSSR count). The second kappa shape index (κ2) is 33.6. The topological polar surface area (TPSA) is 31.0 Å². The number of furan rings is 1. The van der Waals surface area contributed by atoms with E-state index in [1.165, 1.54) is 180 Å². The molecule has 4 aromatic heterocycles. The number of nitrogens with zero attached hydrogens (tertiary/aromatic N) is 5. The quantitative estimate of drug-likeness (QED) is 0.0951. The summed E-state index contributed by atoms with van der Waals surface area (Å²) in [5, 5.41) is 14.8. The Labute approximate surface area is 861 Å². The van der Waals surface area contributed by atoms with Gasteiger partial charge >= 0.3 is 0 Å². The van der Waals surface area contributed by atoms with Crippen LogP contribution in [0.1, 0.15) is 113 Å². The van der Waals surface area contributed by atoms with Gasteiger partial charge in [-0.2, -0.15) is 0 Å². The van der Waals surface area contributed by atoms with Crippen LogP contribution in [0.4, 0.5) is 68.2 Å². The number of hydrogen-bond donors (Lipinski definition) is 0. The first-order valence-corrected chi connectivity index (χ1v) is 55.7. The lowest BCUT2D eigenvalue weighted by atomic mass is 9.62. The van der Waals surface area contributed by atoms with Crippen LogP contribution in [0.3, 0.4) is 0 Å². The second-order valence-corrected chi connectivity index (χ2v) is 48.8. The standard InChI is InChI=1S/C82H63N3.C55H44N2OS2Si/c1-52-31-39-58(40-32-52)81(59-41-33-53(2)34-42-59)69-24-12-16-28-74(69)84(75-29-17-13-25-70(75)81)79-64-20-7-9-22-66(64)80(67-23-10-8-21-65(67)79)85-76-30-18-14-26-71(76)82(60-43-35-54(3)36-44-60,61-45-37-55(4)38-46-61)72-50-68-63-19-11-15-27-73(63)83(77(68)51-78(72)85)62-48-56(5)47-57(6)49-62;1-33-23-25-51(59-33)40-29-36(56-45-18-10-13-21-53(45)61(5,6)54-22-14-11-19-46(54)56)27-35-28-41(52-26-24-34(2)60-52)47(31-38(35)40)57-44-17-9-8-16-42(44)55(3,4)43-30-39-37-15-7-12-20-49(37)58-50(39)32-48(43)57/h7-51H,1-6H3;7-32H,1-6H3. The Morgan fingerprint density at radius 3 is 1.14 bits per heavy atom. The van der Waals surface area contributed by atoms with Gasteiger partial charge in [-0.25, -0.2) is 0 Å². The van der Waals surface area contributed by atoms with Crippen LogP contribution in [-0.2, 0) is 16.2 Å². The van der Waals surface area contributed by atoms with Crippen LogP contribution in [0.2, 0.25) is 13.1 Å². The van der Waals surface area contributed by atoms with Crippen molar-refractivity contribution in [3.8, 4) is 26.6 Å². The predicted molar refractivity (Wildman–Crippen MR) is 623 cm³/mol. The molecule has 0 radical (unpaired) electrons. The average Bonchev–Trinajstić information content (AvgIpc) is 1.04. The molecule has 702 valence electrons. The van der Waals surface area contributed by atoms with E-state index in [4.69, 9.17) is 4.42 Å². The first-order chi connectivity index (χ1) is 71.2. The van der Waals surface area contributed by atoms with Crippen molar-refractivity contribution in [3.05, 3.63) is 529 Å². The van der Waals surface area contributed by atoms with Crippen LogP contribution in [0.15, 0.2) is 435 Å². The van der Waals surface area contributed by atoms with E-state index in [0.717, 1.165) is 100 Å². The van der Waals surface area contributed by atoms with E-state index in [2.05, 4.69) is 537 Å². The Balaban J connectivity index is 0.000000153. The van der Waals surface area contributed by atoms with Gasteiger partial charge in [-0.1, -0.05) is 346 Å². The van der Waals surface area contributed by atoms with E-state index in [-0.39, 0.29) is 5.41 Å². The van der Waals surface area contributed by atoms with Crippen molar-refractivity contribution < 1.29 is 4.42 Å². The lowest BCUT2D eigenvalue weighted by Crippen LogP contribution is -2.58. The maximum Gasteiger partial charge on any atom is 0.137 e. The summed E-state index contributed by atoms with van der Waals surface area (Å²) in [4.78, 5) is 15.4. The molecule has 0 amide bonds. The molecule has 0 saturated heterocycles. The lowest BCUT2D eigenvalue weighted by molar-refractivity contribution is 0.630. The van der Waals surface area contributed by atoms with Crippen molar-refractivity contribution in [2.75, 3.05) is 19.6 Å². The van der Waals surface area contributed by atoms with Crippen molar-refractivity contribution in [1.29, 1.82) is 0 Å². The number of aryl methyl sites for hydroxylation is 8. The Bertz CT molecular complexity index is 9250. The summed E-state index contributed by atoms with van der Waals surface area (Å²) in [6.07, 6.45) is 0. The molecule has 0 fully saturated rings. The molecule has 4 aliphatic rings. The van der Waals surface area contributed by atoms with Crippen LogP contribution in [0, 0.1) is 55.4 Å². The number of para-hydroxylation sites is 8. The monoisotopic (exact) mass is 1930 g/mol. The highest BCUT2D eigenvalue weighted by atomic mass is 32.1. The maximum atomic E-state index is 6.63. The van der Waals surface area contributed by atoms with Crippen LogP contribution in [0.25, 0.3) is 103 Å². The number of rotatable bonds is 11. The number of anilines is 12. The molecular weight excluding hydrogens is 1820 g/mol. The minimum atomic E-state index is -1.96. The zero-order chi connectivity index (χ0) is 98.7. The Kier molecular flexibility index (Phi) is 20.4. The van der Waals surface area contributed by atoms with E-state index < -0.39 is 18.9 Å². The molecule has 9 heteroatoms. The fraction of sp³-hybridized carbons (Fsp3) is 0.109. The van der Waals surface area contributed by atoms with Crippen molar-refractivity contribution in [3.63, 3.8) is 0 Å². The summed E-state index contributed by atoms with van der Waals surface area (Å²) >= 11 is 3.74. The van der Waals surface area contributed by atoms with E-state index in [9.17, 15) is 0 Å². The SMILES string of the molecule is Cc1ccc(-c2cc3cc(N4c5ccccc5[Si](C)(C)c5ccccc54)cc(-c4ccc(C)s4)c3cc2N2c3ccccc3C(C)(C)c3cc4c(cc32)oc2ccccc24)s1.Cc1ccc(C2(c3ccc(C)cc3)c3ccccc3N(c3c4ccccc4c(N4c5ccccc5C(c5ccc(C)cc5)(c5ccc(C)cc5)c5cc6c7ccccc7n(-c7cc(C)cc(C)c7)c6cc54)c4ccccc34)c3ccccc32)cc1. The molecule has 0 unspecified atom stereocenters. The Morgan fingerprint density at radius 1 is 0.240 bits per heavy atom. The van der Waals surface area contributed by atoms with Crippen LogP contribution in [-0.4, -0.2) is 12.6 Å². The van der Waals surface area contributed by atoms with Gasteiger partial charge in [0.25, 0.3) is 0 Å². The molecule has 0 atom stereocenters. The third-order valence-corrected chi connectivity index (χ3v) is 37.8. The third kappa shape index (κ3) is 13.3. The fourth-order valence-corrected chi connectivity index (χ4v) is 30.4. The average molecular weight is 1930 g/mol. The Hall–Kier alpha value is -16.4. The van der Waals surface area contributed by atoms with Gasteiger partial charge < -0.3 is 28.6 Å².